The third-order valence-corrected chi connectivity index (χ3v) is 9.76. The van der Waals surface area contributed by atoms with Gasteiger partial charge >= 0.3 is 0 Å². The zero-order valence-corrected chi connectivity index (χ0v) is 24.7. The van der Waals surface area contributed by atoms with Crippen LogP contribution in [0.2, 0.25) is 0 Å². The molecule has 0 radical (unpaired) electrons. The fraction of sp³-hybridized carbons (Fsp3) is 0.333. The number of nitrogens with zero attached hydrogens (tertiary/aromatic N) is 5. The molecule has 2 fully saturated rings. The number of hydrogen-bond acceptors (Lipinski definition) is 4. The number of aliphatic hydroxyl groups is 2. The zero-order chi connectivity index (χ0) is 30.2. The van der Waals surface area contributed by atoms with Gasteiger partial charge in [-0.3, -0.25) is 0 Å². The van der Waals surface area contributed by atoms with Crippen molar-refractivity contribution in [1.82, 2.24) is 9.13 Å². The third kappa shape index (κ3) is 4.81. The van der Waals surface area contributed by atoms with Gasteiger partial charge in [-0.2, -0.15) is 0 Å². The highest BCUT2D eigenvalue weighted by Gasteiger charge is 2.34. The van der Waals surface area contributed by atoms with E-state index in [4.69, 9.17) is 11.3 Å². The molecule has 224 valence electrons. The summed E-state index contributed by atoms with van der Waals surface area (Å²) < 4.78 is 4.53. The lowest BCUT2D eigenvalue weighted by molar-refractivity contribution is 0.0606. The summed E-state index contributed by atoms with van der Waals surface area (Å²) >= 11 is 0. The topological polar surface area (TPSA) is 125 Å². The van der Waals surface area contributed by atoms with Gasteiger partial charge in [-0.15, -0.1) is 0 Å². The smallest absolute Gasteiger partial charge is 0.0897 e. The molecule has 0 saturated heterocycles. The highest BCUT2D eigenvalue weighted by atomic mass is 16.3. The minimum Gasteiger partial charge on any atom is -0.391 e. The standard InChI is InChI=1S/C18H18N4O.C18H20N2O/c19-21-20-14-8-5-11-17(18(14)23)22-15-9-3-1-6-12(15)13-7-2-4-10-16(13)22;19-14-8-5-11-17(18(14)21)20-15-9-3-1-6-12(15)13-7-2-4-10-16(13)20/h1-4,6-7,9-10,14,17-18,23H,5,8,11H2;1-4,6-7,9-10,14,17-18,21H,5,8,11,19H2/t2*14-,17?,18+/m00/s1. The van der Waals surface area contributed by atoms with Crippen molar-refractivity contribution < 1.29 is 10.2 Å². The molecule has 4 N–H and O–H groups in total. The van der Waals surface area contributed by atoms with Gasteiger partial charge in [0, 0.05) is 54.6 Å². The maximum atomic E-state index is 10.8. The first-order valence-electron chi connectivity index (χ1n) is 15.7. The van der Waals surface area contributed by atoms with Crippen LogP contribution in [0.3, 0.4) is 0 Å². The van der Waals surface area contributed by atoms with E-state index in [0.29, 0.717) is 0 Å². The van der Waals surface area contributed by atoms with Crippen molar-refractivity contribution in [3.8, 4) is 0 Å². The van der Waals surface area contributed by atoms with E-state index in [2.05, 4.69) is 92.0 Å². The van der Waals surface area contributed by atoms with Gasteiger partial charge in [0.25, 0.3) is 0 Å². The van der Waals surface area contributed by atoms with E-state index in [9.17, 15) is 10.2 Å². The summed E-state index contributed by atoms with van der Waals surface area (Å²) in [5.74, 6) is 0. The average Bonchev–Trinajstić information content (AvgIpc) is 3.57. The summed E-state index contributed by atoms with van der Waals surface area (Å²) in [7, 11) is 0. The summed E-state index contributed by atoms with van der Waals surface area (Å²) in [5.41, 5.74) is 19.5. The van der Waals surface area contributed by atoms with Gasteiger partial charge < -0.3 is 25.1 Å². The molecule has 6 atom stereocenters. The molecule has 2 heterocycles. The second kappa shape index (κ2) is 12.0. The molecular weight excluding hydrogens is 548 g/mol. The highest BCUT2D eigenvalue weighted by Crippen LogP contribution is 2.39. The molecule has 8 nitrogen and oxygen atoms in total. The Balaban J connectivity index is 0.000000143. The van der Waals surface area contributed by atoms with Crippen LogP contribution in [0, 0.1) is 0 Å². The van der Waals surface area contributed by atoms with Crippen molar-refractivity contribution in [1.29, 1.82) is 0 Å². The van der Waals surface area contributed by atoms with Crippen molar-refractivity contribution in [2.24, 2.45) is 10.8 Å². The second-order valence-corrected chi connectivity index (χ2v) is 12.2. The molecule has 2 saturated carbocycles. The molecule has 8 heteroatoms. The molecular formula is C36H38N6O2. The van der Waals surface area contributed by atoms with E-state index < -0.39 is 12.2 Å². The highest BCUT2D eigenvalue weighted by molar-refractivity contribution is 6.09. The summed E-state index contributed by atoms with van der Waals surface area (Å²) in [6, 6.07) is 33.0. The molecule has 2 aliphatic carbocycles. The Kier molecular flexibility index (Phi) is 7.75. The van der Waals surface area contributed by atoms with Crippen LogP contribution in [-0.4, -0.2) is 43.6 Å². The predicted molar refractivity (Wildman–Crippen MR) is 178 cm³/mol. The monoisotopic (exact) mass is 586 g/mol. The number of aliphatic hydroxyl groups excluding tert-OH is 2. The van der Waals surface area contributed by atoms with Crippen LogP contribution in [0.15, 0.2) is 102 Å². The maximum Gasteiger partial charge on any atom is 0.0897 e. The van der Waals surface area contributed by atoms with Crippen LogP contribution in [0.25, 0.3) is 54.1 Å². The Morgan fingerprint density at radius 1 is 0.591 bits per heavy atom. The van der Waals surface area contributed by atoms with Crippen LogP contribution in [0.1, 0.15) is 50.6 Å². The molecule has 2 aromatic heterocycles. The Morgan fingerprint density at radius 2 is 0.977 bits per heavy atom. The molecule has 2 aliphatic rings. The van der Waals surface area contributed by atoms with Gasteiger partial charge in [0.1, 0.15) is 0 Å². The molecule has 0 spiro atoms. The summed E-state index contributed by atoms with van der Waals surface area (Å²) in [4.78, 5) is 2.91. The lowest BCUT2D eigenvalue weighted by Gasteiger charge is -2.34. The Labute approximate surface area is 255 Å². The van der Waals surface area contributed by atoms with Crippen LogP contribution >= 0.6 is 0 Å². The minimum atomic E-state index is -0.654. The summed E-state index contributed by atoms with van der Waals surface area (Å²) in [6.45, 7) is 0. The number of para-hydroxylation sites is 4. The third-order valence-electron chi connectivity index (χ3n) is 9.76. The van der Waals surface area contributed by atoms with Gasteiger partial charge in [-0.1, -0.05) is 84.3 Å². The van der Waals surface area contributed by atoms with Gasteiger partial charge in [0.2, 0.25) is 0 Å². The first-order valence-corrected chi connectivity index (χ1v) is 15.7. The minimum absolute atomic E-state index is 0.0657. The van der Waals surface area contributed by atoms with Gasteiger partial charge in [-0.25, -0.2) is 0 Å². The van der Waals surface area contributed by atoms with Crippen LogP contribution in [-0.2, 0) is 0 Å². The lowest BCUT2D eigenvalue weighted by Crippen LogP contribution is -2.44. The average molecular weight is 587 g/mol. The first kappa shape index (κ1) is 28.4. The van der Waals surface area contributed by atoms with Crippen LogP contribution in [0.4, 0.5) is 0 Å². The number of fused-ring (bicyclic) bond motifs is 6. The quantitative estimate of drug-likeness (QED) is 0.111. The zero-order valence-electron chi connectivity index (χ0n) is 24.7. The number of rotatable bonds is 3. The van der Waals surface area contributed by atoms with Crippen molar-refractivity contribution >= 4 is 43.6 Å². The van der Waals surface area contributed by atoms with Crippen LogP contribution in [0.5, 0.6) is 0 Å². The lowest BCUT2D eigenvalue weighted by atomic mass is 9.88. The van der Waals surface area contributed by atoms with E-state index in [1.807, 2.05) is 24.3 Å². The molecule has 0 aliphatic heterocycles. The number of benzene rings is 4. The van der Waals surface area contributed by atoms with E-state index in [0.717, 1.165) is 49.6 Å². The van der Waals surface area contributed by atoms with E-state index in [1.54, 1.807) is 0 Å². The Bertz CT molecular complexity index is 1880. The number of hydrogen-bond donors (Lipinski definition) is 3. The van der Waals surface area contributed by atoms with Crippen LogP contribution < -0.4 is 5.73 Å². The normalized spacial score (nSPS) is 25.5. The van der Waals surface area contributed by atoms with Crippen molar-refractivity contribution in [2.45, 2.75) is 74.9 Å². The van der Waals surface area contributed by atoms with Crippen molar-refractivity contribution in [3.63, 3.8) is 0 Å². The Hall–Kier alpha value is -4.33. The molecule has 44 heavy (non-hydrogen) atoms. The maximum absolute atomic E-state index is 10.8. The summed E-state index contributed by atoms with van der Waals surface area (Å²) in [5, 5.41) is 30.0. The molecule has 8 rings (SSSR count). The van der Waals surface area contributed by atoms with Gasteiger partial charge in [0.05, 0.1) is 30.3 Å². The van der Waals surface area contributed by atoms with E-state index in [-0.39, 0.29) is 24.2 Å². The fourth-order valence-corrected chi connectivity index (χ4v) is 7.70. The SMILES string of the molecule is N[C@H]1CCCC(n2c3ccccc3c3ccccc32)[C@@H]1O.[N-]=[N+]=N[C@H]1CCCC(n2c3ccccc3c3ccccc32)[C@@H]1O. The van der Waals surface area contributed by atoms with E-state index >= 15 is 0 Å². The first-order chi connectivity index (χ1) is 21.6. The number of nitrogens with two attached hydrogens (primary N) is 1. The molecule has 4 aromatic carbocycles. The van der Waals surface area contributed by atoms with Gasteiger partial charge in [0.15, 0.2) is 0 Å². The predicted octanol–water partition coefficient (Wildman–Crippen LogP) is 7.77. The van der Waals surface area contributed by atoms with Crippen molar-refractivity contribution in [2.75, 3.05) is 0 Å². The summed E-state index contributed by atoms with van der Waals surface area (Å²) in [6.07, 6.45) is 4.43. The second-order valence-electron chi connectivity index (χ2n) is 12.2. The largest absolute Gasteiger partial charge is 0.391 e. The Morgan fingerprint density at radius 3 is 1.41 bits per heavy atom. The molecule has 0 amide bonds. The molecule has 2 unspecified atom stereocenters. The number of aromatic nitrogens is 2. The van der Waals surface area contributed by atoms with Crippen molar-refractivity contribution in [3.05, 3.63) is 108 Å². The van der Waals surface area contributed by atoms with Gasteiger partial charge in [-0.05, 0) is 61.9 Å². The molecule has 0 bridgehead atoms. The number of azide groups is 1. The van der Waals surface area contributed by atoms with E-state index in [1.165, 1.54) is 32.6 Å². The molecule has 6 aromatic rings. The fourth-order valence-electron chi connectivity index (χ4n) is 7.70.